The molecular weight excluding hydrogens is 252 g/mol. The van der Waals surface area contributed by atoms with Gasteiger partial charge in [0.25, 0.3) is 0 Å². The quantitative estimate of drug-likeness (QED) is 0.795. The van der Waals surface area contributed by atoms with Crippen LogP contribution in [0.4, 0.5) is 0 Å². The molecule has 0 aliphatic carbocycles. The van der Waals surface area contributed by atoms with E-state index in [1.165, 1.54) is 0 Å². The van der Waals surface area contributed by atoms with Gasteiger partial charge in [-0.2, -0.15) is 0 Å². The minimum absolute atomic E-state index is 0.374. The maximum absolute atomic E-state index is 6.12. The van der Waals surface area contributed by atoms with Crippen LogP contribution in [0.15, 0.2) is 0 Å². The second-order valence-corrected chi connectivity index (χ2v) is 5.30. The first-order chi connectivity index (χ1) is 8.53. The van der Waals surface area contributed by atoms with Gasteiger partial charge in [0.05, 0.1) is 5.69 Å². The highest BCUT2D eigenvalue weighted by Gasteiger charge is 2.37. The molecule has 6 heteroatoms. The van der Waals surface area contributed by atoms with Crippen LogP contribution in [0.25, 0.3) is 5.65 Å². The number of aromatic nitrogens is 4. The Morgan fingerprint density at radius 3 is 2.78 bits per heavy atom. The number of aryl methyl sites for hydroxylation is 2. The summed E-state index contributed by atoms with van der Waals surface area (Å²) in [5, 5.41) is 8.81. The van der Waals surface area contributed by atoms with Crippen molar-refractivity contribution < 1.29 is 4.74 Å². The Hall–Kier alpha value is -1.20. The Kier molecular flexibility index (Phi) is 2.57. The van der Waals surface area contributed by atoms with Gasteiger partial charge < -0.3 is 4.74 Å². The molecule has 1 atom stereocenters. The summed E-state index contributed by atoms with van der Waals surface area (Å²) in [6.45, 7) is 6.75. The van der Waals surface area contributed by atoms with Crippen molar-refractivity contribution in [3.63, 3.8) is 0 Å². The number of fused-ring (bicyclic) bond motifs is 1. The maximum Gasteiger partial charge on any atom is 0.198 e. The van der Waals surface area contributed by atoms with E-state index in [2.05, 4.69) is 22.1 Å². The first-order valence-corrected chi connectivity index (χ1v) is 6.43. The molecule has 0 saturated carbocycles. The fourth-order valence-electron chi connectivity index (χ4n) is 2.47. The van der Waals surface area contributed by atoms with Gasteiger partial charge in [0.1, 0.15) is 5.60 Å². The van der Waals surface area contributed by atoms with E-state index < -0.39 is 0 Å². The van der Waals surface area contributed by atoms with Gasteiger partial charge in [-0.1, -0.05) is 11.6 Å². The monoisotopic (exact) mass is 266 g/mol. The Labute approximate surface area is 110 Å². The lowest BCUT2D eigenvalue weighted by Gasteiger charge is -2.21. The molecule has 5 nitrogen and oxygen atoms in total. The number of halogens is 1. The summed E-state index contributed by atoms with van der Waals surface area (Å²) < 4.78 is 7.81. The highest BCUT2D eigenvalue weighted by atomic mass is 35.5. The Morgan fingerprint density at radius 1 is 1.33 bits per heavy atom. The molecule has 1 fully saturated rings. The van der Waals surface area contributed by atoms with Gasteiger partial charge >= 0.3 is 0 Å². The summed E-state index contributed by atoms with van der Waals surface area (Å²) in [6, 6.07) is 0. The van der Waals surface area contributed by atoms with Gasteiger partial charge in [0.15, 0.2) is 16.6 Å². The average molecular weight is 267 g/mol. The van der Waals surface area contributed by atoms with Gasteiger partial charge in [-0.25, -0.2) is 4.98 Å². The smallest absolute Gasteiger partial charge is 0.198 e. The van der Waals surface area contributed by atoms with Gasteiger partial charge in [-0.3, -0.25) is 4.40 Å². The molecule has 0 radical (unpaired) electrons. The van der Waals surface area contributed by atoms with Crippen LogP contribution in [0, 0.1) is 13.8 Å². The summed E-state index contributed by atoms with van der Waals surface area (Å²) in [7, 11) is 0. The van der Waals surface area contributed by atoms with Gasteiger partial charge in [-0.05, 0) is 33.6 Å². The molecule has 96 valence electrons. The minimum Gasteiger partial charge on any atom is -0.367 e. The van der Waals surface area contributed by atoms with E-state index in [0.29, 0.717) is 10.8 Å². The maximum atomic E-state index is 6.12. The molecule has 3 heterocycles. The van der Waals surface area contributed by atoms with Crippen LogP contribution < -0.4 is 0 Å². The SMILES string of the molecule is Cc1nc(Cl)c2nnc(C3(C)CCCO3)n2c1C. The van der Waals surface area contributed by atoms with Crippen molar-refractivity contribution >= 4 is 17.2 Å². The molecule has 1 saturated heterocycles. The lowest BCUT2D eigenvalue weighted by Crippen LogP contribution is -2.24. The summed E-state index contributed by atoms with van der Waals surface area (Å²) in [5.74, 6) is 0.819. The number of nitrogens with zero attached hydrogens (tertiary/aromatic N) is 4. The lowest BCUT2D eigenvalue weighted by atomic mass is 10.0. The molecule has 1 aliphatic rings. The first kappa shape index (κ1) is 11.9. The zero-order valence-electron chi connectivity index (χ0n) is 10.7. The van der Waals surface area contributed by atoms with Crippen molar-refractivity contribution in [2.75, 3.05) is 6.61 Å². The fourth-order valence-corrected chi connectivity index (χ4v) is 2.72. The van der Waals surface area contributed by atoms with E-state index in [1.807, 2.05) is 18.2 Å². The topological polar surface area (TPSA) is 52.3 Å². The Bertz CT molecular complexity index is 616. The largest absolute Gasteiger partial charge is 0.367 e. The molecule has 0 spiro atoms. The zero-order valence-corrected chi connectivity index (χ0v) is 11.5. The first-order valence-electron chi connectivity index (χ1n) is 6.05. The van der Waals surface area contributed by atoms with Crippen LogP contribution >= 0.6 is 11.6 Å². The molecule has 0 N–H and O–H groups in total. The number of rotatable bonds is 1. The highest BCUT2D eigenvalue weighted by Crippen LogP contribution is 2.35. The zero-order chi connectivity index (χ0) is 12.9. The molecule has 0 bridgehead atoms. The van der Waals surface area contributed by atoms with Crippen molar-refractivity contribution in [2.45, 2.75) is 39.2 Å². The predicted molar refractivity (Wildman–Crippen MR) is 67.8 cm³/mol. The van der Waals surface area contributed by atoms with E-state index in [1.54, 1.807) is 0 Å². The molecule has 1 unspecified atom stereocenters. The average Bonchev–Trinajstić information content (AvgIpc) is 2.93. The normalized spacial score (nSPS) is 24.0. The van der Waals surface area contributed by atoms with Crippen LogP contribution in [-0.4, -0.2) is 26.2 Å². The minimum atomic E-state index is -0.374. The predicted octanol–water partition coefficient (Wildman–Crippen LogP) is 2.42. The van der Waals surface area contributed by atoms with Gasteiger partial charge in [0, 0.05) is 12.3 Å². The van der Waals surface area contributed by atoms with Crippen molar-refractivity contribution in [1.29, 1.82) is 0 Å². The van der Waals surface area contributed by atoms with E-state index in [-0.39, 0.29) is 5.60 Å². The van der Waals surface area contributed by atoms with Crippen LogP contribution in [0.2, 0.25) is 5.15 Å². The third-order valence-corrected chi connectivity index (χ3v) is 3.92. The second kappa shape index (κ2) is 3.90. The third kappa shape index (κ3) is 1.54. The highest BCUT2D eigenvalue weighted by molar-refractivity contribution is 6.32. The molecule has 0 amide bonds. The van der Waals surface area contributed by atoms with Crippen molar-refractivity contribution in [1.82, 2.24) is 19.6 Å². The fraction of sp³-hybridized carbons (Fsp3) is 0.583. The summed E-state index contributed by atoms with van der Waals surface area (Å²) >= 11 is 6.12. The lowest BCUT2D eigenvalue weighted by molar-refractivity contribution is 0.00840. The van der Waals surface area contributed by atoms with Crippen LogP contribution in [0.1, 0.15) is 37.0 Å². The van der Waals surface area contributed by atoms with Crippen LogP contribution in [0.5, 0.6) is 0 Å². The summed E-state index contributed by atoms with van der Waals surface area (Å²) in [5.41, 5.74) is 2.12. The van der Waals surface area contributed by atoms with E-state index in [9.17, 15) is 0 Å². The standard InChI is InChI=1S/C12H15ClN4O/c1-7-8(2)17-10(9(13)14-7)15-16-11(17)12(3)5-4-6-18-12/h4-6H2,1-3H3. The van der Waals surface area contributed by atoms with Crippen molar-refractivity contribution in [2.24, 2.45) is 0 Å². The second-order valence-electron chi connectivity index (χ2n) is 4.94. The molecule has 2 aromatic heterocycles. The van der Waals surface area contributed by atoms with Crippen molar-refractivity contribution in [3.8, 4) is 0 Å². The molecule has 18 heavy (non-hydrogen) atoms. The Balaban J connectivity index is 2.31. The molecule has 3 rings (SSSR count). The summed E-state index contributed by atoms with van der Waals surface area (Å²) in [4.78, 5) is 4.27. The molecule has 0 aromatic carbocycles. The Morgan fingerprint density at radius 2 is 2.11 bits per heavy atom. The third-order valence-electron chi connectivity index (χ3n) is 3.66. The summed E-state index contributed by atoms with van der Waals surface area (Å²) in [6.07, 6.45) is 1.99. The number of hydrogen-bond donors (Lipinski definition) is 0. The number of hydrogen-bond acceptors (Lipinski definition) is 4. The number of ether oxygens (including phenoxy) is 1. The van der Waals surface area contributed by atoms with Crippen LogP contribution in [0.3, 0.4) is 0 Å². The molecule has 2 aromatic rings. The molecular formula is C12H15ClN4O. The van der Waals surface area contributed by atoms with E-state index >= 15 is 0 Å². The van der Waals surface area contributed by atoms with E-state index in [0.717, 1.165) is 36.7 Å². The van der Waals surface area contributed by atoms with Gasteiger partial charge in [0.2, 0.25) is 0 Å². The van der Waals surface area contributed by atoms with Crippen LogP contribution in [-0.2, 0) is 10.3 Å². The van der Waals surface area contributed by atoms with E-state index in [4.69, 9.17) is 16.3 Å². The van der Waals surface area contributed by atoms with Crippen molar-refractivity contribution in [3.05, 3.63) is 22.4 Å². The van der Waals surface area contributed by atoms with Gasteiger partial charge in [-0.15, -0.1) is 10.2 Å². The molecule has 1 aliphatic heterocycles.